The lowest BCUT2D eigenvalue weighted by molar-refractivity contribution is -0.124. The third-order valence-corrected chi connectivity index (χ3v) is 3.21. The number of fused-ring (bicyclic) bond motifs is 1. The van der Waals surface area contributed by atoms with Crippen LogP contribution in [0.4, 0.5) is 0 Å². The number of ketones is 2. The van der Waals surface area contributed by atoms with Crippen molar-refractivity contribution < 1.29 is 9.59 Å². The lowest BCUT2D eigenvalue weighted by atomic mass is 9.91. The van der Waals surface area contributed by atoms with Crippen LogP contribution in [0.5, 0.6) is 0 Å². The van der Waals surface area contributed by atoms with E-state index in [9.17, 15) is 9.59 Å². The fourth-order valence-corrected chi connectivity index (χ4v) is 2.55. The van der Waals surface area contributed by atoms with E-state index in [2.05, 4.69) is 0 Å². The maximum absolute atomic E-state index is 11.5. The van der Waals surface area contributed by atoms with Crippen LogP contribution >= 0.6 is 0 Å². The Balaban J connectivity index is 2.15. The van der Waals surface area contributed by atoms with Crippen molar-refractivity contribution in [2.75, 3.05) is 0 Å². The predicted octanol–water partition coefficient (Wildman–Crippen LogP) is 1.72. The molecule has 0 aromatic carbocycles. The zero-order chi connectivity index (χ0) is 8.55. The highest BCUT2D eigenvalue weighted by atomic mass is 16.1. The molecular weight excluding hydrogens is 152 g/mol. The summed E-state index contributed by atoms with van der Waals surface area (Å²) in [5.74, 6) is 1.31. The van der Waals surface area contributed by atoms with Crippen molar-refractivity contribution >= 4 is 11.6 Å². The molecule has 0 N–H and O–H groups in total. The second-order valence-electron chi connectivity index (χ2n) is 4.01. The molecule has 0 spiro atoms. The minimum atomic E-state index is 0.247. The minimum Gasteiger partial charge on any atom is -0.300 e. The zero-order valence-corrected chi connectivity index (χ0v) is 7.21. The van der Waals surface area contributed by atoms with Crippen LogP contribution in [0, 0.1) is 11.8 Å². The van der Waals surface area contributed by atoms with E-state index in [0.29, 0.717) is 36.7 Å². The van der Waals surface area contributed by atoms with Gasteiger partial charge in [-0.1, -0.05) is 6.42 Å². The summed E-state index contributed by atoms with van der Waals surface area (Å²) < 4.78 is 0. The molecule has 0 heterocycles. The first-order valence-corrected chi connectivity index (χ1v) is 4.82. The molecule has 0 aromatic heterocycles. The van der Waals surface area contributed by atoms with Crippen molar-refractivity contribution in [1.29, 1.82) is 0 Å². The van der Waals surface area contributed by atoms with Crippen LogP contribution < -0.4 is 0 Å². The van der Waals surface area contributed by atoms with Crippen LogP contribution in [0.2, 0.25) is 0 Å². The normalized spacial score (nSPS) is 36.3. The van der Waals surface area contributed by atoms with Gasteiger partial charge in [0.05, 0.1) is 0 Å². The fourth-order valence-electron chi connectivity index (χ4n) is 2.55. The molecule has 0 amide bonds. The second kappa shape index (κ2) is 3.00. The van der Waals surface area contributed by atoms with E-state index in [1.165, 1.54) is 0 Å². The molecule has 2 rings (SSSR count). The molecule has 2 atom stereocenters. The Bertz CT molecular complexity index is 220. The van der Waals surface area contributed by atoms with Crippen LogP contribution in [0.15, 0.2) is 0 Å². The molecule has 2 nitrogen and oxygen atoms in total. The molecular formula is C10H14O2. The first-order valence-electron chi connectivity index (χ1n) is 4.82. The van der Waals surface area contributed by atoms with Gasteiger partial charge >= 0.3 is 0 Å². The summed E-state index contributed by atoms with van der Waals surface area (Å²) >= 11 is 0. The fraction of sp³-hybridized carbons (Fsp3) is 0.800. The Morgan fingerprint density at radius 1 is 1.08 bits per heavy atom. The lowest BCUT2D eigenvalue weighted by Gasteiger charge is -2.12. The molecule has 0 bridgehead atoms. The monoisotopic (exact) mass is 166 g/mol. The summed E-state index contributed by atoms with van der Waals surface area (Å²) in [6.07, 6.45) is 4.98. The number of hydrogen-bond donors (Lipinski definition) is 0. The Morgan fingerprint density at radius 2 is 1.92 bits per heavy atom. The third kappa shape index (κ3) is 1.30. The molecule has 2 saturated carbocycles. The van der Waals surface area contributed by atoms with Crippen molar-refractivity contribution in [3.05, 3.63) is 0 Å². The molecule has 0 unspecified atom stereocenters. The van der Waals surface area contributed by atoms with Crippen molar-refractivity contribution in [1.82, 2.24) is 0 Å². The molecule has 0 radical (unpaired) electrons. The standard InChI is InChI=1S/C10H14O2/c11-8-4-5-10(12)9-3-1-2-7(9)6-8/h7,9H,1-6H2/t7-,9+/m0/s1. The molecule has 2 aliphatic rings. The highest BCUT2D eigenvalue weighted by molar-refractivity contribution is 5.90. The number of carbonyl (C=O) groups is 2. The van der Waals surface area contributed by atoms with Crippen LogP contribution in [0.3, 0.4) is 0 Å². The van der Waals surface area contributed by atoms with Gasteiger partial charge in [0.25, 0.3) is 0 Å². The maximum atomic E-state index is 11.5. The quantitative estimate of drug-likeness (QED) is 0.549. The number of carbonyl (C=O) groups excluding carboxylic acids is 2. The highest BCUT2D eigenvalue weighted by Crippen LogP contribution is 2.37. The molecule has 66 valence electrons. The van der Waals surface area contributed by atoms with E-state index in [4.69, 9.17) is 0 Å². The summed E-state index contributed by atoms with van der Waals surface area (Å²) in [7, 11) is 0. The molecule has 2 fully saturated rings. The summed E-state index contributed by atoms with van der Waals surface area (Å²) in [6, 6.07) is 0. The molecule has 0 saturated heterocycles. The van der Waals surface area contributed by atoms with E-state index in [1.807, 2.05) is 0 Å². The average Bonchev–Trinajstić information content (AvgIpc) is 2.44. The molecule has 12 heavy (non-hydrogen) atoms. The average molecular weight is 166 g/mol. The minimum absolute atomic E-state index is 0.247. The topological polar surface area (TPSA) is 34.1 Å². The number of rotatable bonds is 0. The maximum Gasteiger partial charge on any atom is 0.136 e. The predicted molar refractivity (Wildman–Crippen MR) is 44.7 cm³/mol. The van der Waals surface area contributed by atoms with Crippen LogP contribution in [-0.4, -0.2) is 11.6 Å². The van der Waals surface area contributed by atoms with Crippen molar-refractivity contribution in [3.8, 4) is 0 Å². The van der Waals surface area contributed by atoms with Crippen LogP contribution in [-0.2, 0) is 9.59 Å². The van der Waals surface area contributed by atoms with Gasteiger partial charge in [-0.15, -0.1) is 0 Å². The molecule has 2 aliphatic carbocycles. The van der Waals surface area contributed by atoms with E-state index in [0.717, 1.165) is 19.3 Å². The SMILES string of the molecule is O=C1CCC(=O)[C@@H]2CCC[C@H]2C1. The molecule has 0 aliphatic heterocycles. The van der Waals surface area contributed by atoms with Gasteiger partial charge in [0, 0.05) is 25.2 Å². The Morgan fingerprint density at radius 3 is 2.75 bits per heavy atom. The van der Waals surface area contributed by atoms with E-state index < -0.39 is 0 Å². The van der Waals surface area contributed by atoms with Gasteiger partial charge in [-0.2, -0.15) is 0 Å². The summed E-state index contributed by atoms with van der Waals surface area (Å²) in [6.45, 7) is 0. The first kappa shape index (κ1) is 7.96. The van der Waals surface area contributed by atoms with Gasteiger partial charge in [-0.05, 0) is 18.8 Å². The van der Waals surface area contributed by atoms with E-state index in [1.54, 1.807) is 0 Å². The van der Waals surface area contributed by atoms with Gasteiger partial charge in [-0.3, -0.25) is 9.59 Å². The highest BCUT2D eigenvalue weighted by Gasteiger charge is 2.35. The number of Topliss-reactive ketones (excluding diaryl/α,β-unsaturated/α-hetero) is 2. The summed E-state index contributed by atoms with van der Waals surface area (Å²) in [5.41, 5.74) is 0. The van der Waals surface area contributed by atoms with Gasteiger partial charge in [0.15, 0.2) is 0 Å². The van der Waals surface area contributed by atoms with Crippen LogP contribution in [0.1, 0.15) is 38.5 Å². The lowest BCUT2D eigenvalue weighted by Crippen LogP contribution is -2.16. The van der Waals surface area contributed by atoms with Gasteiger partial charge in [0.2, 0.25) is 0 Å². The van der Waals surface area contributed by atoms with Gasteiger partial charge < -0.3 is 0 Å². The Kier molecular flexibility index (Phi) is 1.99. The smallest absolute Gasteiger partial charge is 0.136 e. The molecule has 0 aromatic rings. The largest absolute Gasteiger partial charge is 0.300 e. The van der Waals surface area contributed by atoms with E-state index in [-0.39, 0.29) is 5.92 Å². The zero-order valence-electron chi connectivity index (χ0n) is 7.21. The van der Waals surface area contributed by atoms with Crippen molar-refractivity contribution in [2.24, 2.45) is 11.8 Å². The van der Waals surface area contributed by atoms with Gasteiger partial charge in [0.1, 0.15) is 11.6 Å². The Hall–Kier alpha value is -0.660. The van der Waals surface area contributed by atoms with E-state index >= 15 is 0 Å². The van der Waals surface area contributed by atoms with Crippen molar-refractivity contribution in [3.63, 3.8) is 0 Å². The van der Waals surface area contributed by atoms with Crippen LogP contribution in [0.25, 0.3) is 0 Å². The second-order valence-corrected chi connectivity index (χ2v) is 4.01. The summed E-state index contributed by atoms with van der Waals surface area (Å²) in [5, 5.41) is 0. The third-order valence-electron chi connectivity index (χ3n) is 3.21. The van der Waals surface area contributed by atoms with Crippen molar-refractivity contribution in [2.45, 2.75) is 38.5 Å². The Labute approximate surface area is 72.3 Å². The van der Waals surface area contributed by atoms with Gasteiger partial charge in [-0.25, -0.2) is 0 Å². The number of hydrogen-bond acceptors (Lipinski definition) is 2. The summed E-state index contributed by atoms with van der Waals surface area (Å²) in [4.78, 5) is 22.7. The first-order chi connectivity index (χ1) is 5.77. The molecule has 2 heteroatoms.